The molecule has 1 aromatic heterocycles. The predicted molar refractivity (Wildman–Crippen MR) is 59.5 cm³/mol. The van der Waals surface area contributed by atoms with Crippen LogP contribution in [0.4, 0.5) is 13.2 Å². The van der Waals surface area contributed by atoms with Gasteiger partial charge >= 0.3 is 6.18 Å². The van der Waals surface area contributed by atoms with E-state index in [0.717, 1.165) is 12.1 Å². The molecule has 0 spiro atoms. The lowest BCUT2D eigenvalue weighted by atomic mass is 10.2. The number of hydrogen-bond acceptors (Lipinski definition) is 4. The maximum atomic E-state index is 12.5. The third kappa shape index (κ3) is 3.41. The molecule has 0 atom stereocenters. The third-order valence-corrected chi connectivity index (χ3v) is 2.24. The number of alkyl halides is 3. The van der Waals surface area contributed by atoms with Crippen molar-refractivity contribution in [3.8, 4) is 11.6 Å². The van der Waals surface area contributed by atoms with Crippen molar-refractivity contribution in [1.29, 1.82) is 0 Å². The van der Waals surface area contributed by atoms with Crippen LogP contribution < -0.4 is 4.74 Å². The molecule has 1 heterocycles. The second kappa shape index (κ2) is 5.23. The zero-order chi connectivity index (χ0) is 13.9. The SMILES string of the molecule is OCc1ccc(Oc2cccc(C(F)(F)F)c2)nn1. The topological polar surface area (TPSA) is 55.2 Å². The van der Waals surface area contributed by atoms with Gasteiger partial charge in [0.1, 0.15) is 5.75 Å². The van der Waals surface area contributed by atoms with Crippen molar-refractivity contribution >= 4 is 0 Å². The first-order chi connectivity index (χ1) is 8.99. The van der Waals surface area contributed by atoms with Gasteiger partial charge in [0.05, 0.1) is 17.9 Å². The van der Waals surface area contributed by atoms with Crippen molar-refractivity contribution in [2.75, 3.05) is 0 Å². The average Bonchev–Trinajstić information content (AvgIpc) is 2.39. The fourth-order valence-electron chi connectivity index (χ4n) is 1.34. The van der Waals surface area contributed by atoms with Crippen LogP contribution in [0.3, 0.4) is 0 Å². The minimum atomic E-state index is -4.42. The number of ether oxygens (including phenoxy) is 1. The van der Waals surface area contributed by atoms with Crippen molar-refractivity contribution in [3.63, 3.8) is 0 Å². The first-order valence-corrected chi connectivity index (χ1v) is 5.27. The van der Waals surface area contributed by atoms with E-state index >= 15 is 0 Å². The normalized spacial score (nSPS) is 11.4. The highest BCUT2D eigenvalue weighted by atomic mass is 19.4. The van der Waals surface area contributed by atoms with Gasteiger partial charge in [-0.05, 0) is 24.3 Å². The summed E-state index contributed by atoms with van der Waals surface area (Å²) in [6.45, 7) is -0.267. The van der Waals surface area contributed by atoms with Gasteiger partial charge in [0.25, 0.3) is 0 Å². The summed E-state index contributed by atoms with van der Waals surface area (Å²) in [5.74, 6) is 0.0670. The number of aromatic nitrogens is 2. The molecule has 2 aromatic rings. The van der Waals surface area contributed by atoms with Gasteiger partial charge in [-0.1, -0.05) is 6.07 Å². The fourth-order valence-corrected chi connectivity index (χ4v) is 1.34. The molecule has 1 aromatic carbocycles. The van der Waals surface area contributed by atoms with Crippen LogP contribution in [-0.2, 0) is 12.8 Å². The van der Waals surface area contributed by atoms with E-state index in [0.29, 0.717) is 5.69 Å². The van der Waals surface area contributed by atoms with Crippen LogP contribution in [-0.4, -0.2) is 15.3 Å². The molecule has 4 nitrogen and oxygen atoms in total. The number of aliphatic hydroxyl groups is 1. The van der Waals surface area contributed by atoms with Crippen LogP contribution in [0.25, 0.3) is 0 Å². The highest BCUT2D eigenvalue weighted by Gasteiger charge is 2.30. The Kier molecular flexibility index (Phi) is 3.66. The molecule has 0 saturated carbocycles. The van der Waals surface area contributed by atoms with E-state index in [1.165, 1.54) is 24.3 Å². The van der Waals surface area contributed by atoms with Gasteiger partial charge in [0.2, 0.25) is 5.88 Å². The molecule has 0 aliphatic rings. The van der Waals surface area contributed by atoms with Crippen LogP contribution in [0.15, 0.2) is 36.4 Å². The molecule has 0 bridgehead atoms. The van der Waals surface area contributed by atoms with Crippen molar-refractivity contribution in [2.45, 2.75) is 12.8 Å². The summed E-state index contributed by atoms with van der Waals surface area (Å²) in [4.78, 5) is 0. The molecule has 1 N–H and O–H groups in total. The highest BCUT2D eigenvalue weighted by Crippen LogP contribution is 2.32. The number of nitrogens with zero attached hydrogens (tertiary/aromatic N) is 2. The number of aliphatic hydroxyl groups excluding tert-OH is 1. The lowest BCUT2D eigenvalue weighted by Gasteiger charge is -2.09. The lowest BCUT2D eigenvalue weighted by Crippen LogP contribution is -2.04. The zero-order valence-electron chi connectivity index (χ0n) is 9.55. The third-order valence-electron chi connectivity index (χ3n) is 2.24. The Balaban J connectivity index is 2.18. The molecule has 0 amide bonds. The summed E-state index contributed by atoms with van der Waals surface area (Å²) in [5, 5.41) is 16.0. The minimum absolute atomic E-state index is 0.0147. The van der Waals surface area contributed by atoms with Gasteiger partial charge in [-0.2, -0.15) is 13.2 Å². The molecular formula is C12H9F3N2O2. The summed E-state index contributed by atoms with van der Waals surface area (Å²) in [6.07, 6.45) is -4.42. The van der Waals surface area contributed by atoms with Crippen LogP contribution in [0.2, 0.25) is 0 Å². The lowest BCUT2D eigenvalue weighted by molar-refractivity contribution is -0.137. The Morgan fingerprint density at radius 1 is 1.11 bits per heavy atom. The van der Waals surface area contributed by atoms with Gasteiger partial charge in [0.15, 0.2) is 0 Å². The van der Waals surface area contributed by atoms with Gasteiger partial charge in [-0.15, -0.1) is 10.2 Å². The first-order valence-electron chi connectivity index (χ1n) is 5.27. The second-order valence-corrected chi connectivity index (χ2v) is 3.65. The summed E-state index contributed by atoms with van der Waals surface area (Å²) >= 11 is 0. The number of hydrogen-bond donors (Lipinski definition) is 1. The molecule has 0 saturated heterocycles. The molecule has 19 heavy (non-hydrogen) atoms. The van der Waals surface area contributed by atoms with E-state index in [-0.39, 0.29) is 18.2 Å². The first kappa shape index (κ1) is 13.3. The Morgan fingerprint density at radius 2 is 1.89 bits per heavy atom. The molecule has 100 valence electrons. The molecule has 0 unspecified atom stereocenters. The van der Waals surface area contributed by atoms with E-state index in [1.54, 1.807) is 0 Å². The molecule has 0 radical (unpaired) electrons. The minimum Gasteiger partial charge on any atom is -0.438 e. The van der Waals surface area contributed by atoms with E-state index in [4.69, 9.17) is 9.84 Å². The maximum Gasteiger partial charge on any atom is 0.416 e. The molecular weight excluding hydrogens is 261 g/mol. The fraction of sp³-hybridized carbons (Fsp3) is 0.167. The smallest absolute Gasteiger partial charge is 0.416 e. The van der Waals surface area contributed by atoms with Gasteiger partial charge in [-0.25, -0.2) is 0 Å². The Hall–Kier alpha value is -2.15. The standard InChI is InChI=1S/C12H9F3N2O2/c13-12(14,15)8-2-1-3-10(6-8)19-11-5-4-9(7-18)16-17-11/h1-6,18H,7H2. The van der Waals surface area contributed by atoms with Crippen molar-refractivity contribution < 1.29 is 23.0 Å². The number of benzene rings is 1. The largest absolute Gasteiger partial charge is 0.438 e. The summed E-state index contributed by atoms with van der Waals surface area (Å²) in [7, 11) is 0. The highest BCUT2D eigenvalue weighted by molar-refractivity contribution is 5.32. The second-order valence-electron chi connectivity index (χ2n) is 3.65. The monoisotopic (exact) mass is 270 g/mol. The summed E-state index contributed by atoms with van der Waals surface area (Å²) in [6, 6.07) is 7.34. The van der Waals surface area contributed by atoms with E-state index in [1.807, 2.05) is 0 Å². The predicted octanol–water partition coefficient (Wildman–Crippen LogP) is 2.78. The quantitative estimate of drug-likeness (QED) is 0.931. The van der Waals surface area contributed by atoms with Crippen LogP contribution in [0.5, 0.6) is 11.6 Å². The maximum absolute atomic E-state index is 12.5. The Morgan fingerprint density at radius 3 is 2.47 bits per heavy atom. The molecule has 0 aliphatic carbocycles. The van der Waals surface area contributed by atoms with Gasteiger partial charge in [0, 0.05) is 6.07 Å². The molecule has 0 aliphatic heterocycles. The zero-order valence-corrected chi connectivity index (χ0v) is 9.55. The Labute approximate surface area is 106 Å². The van der Waals surface area contributed by atoms with Gasteiger partial charge < -0.3 is 9.84 Å². The van der Waals surface area contributed by atoms with E-state index in [9.17, 15) is 13.2 Å². The average molecular weight is 270 g/mol. The van der Waals surface area contributed by atoms with Crippen molar-refractivity contribution in [3.05, 3.63) is 47.7 Å². The van der Waals surface area contributed by atoms with E-state index < -0.39 is 11.7 Å². The van der Waals surface area contributed by atoms with Crippen molar-refractivity contribution in [1.82, 2.24) is 10.2 Å². The van der Waals surface area contributed by atoms with Crippen LogP contribution in [0, 0.1) is 0 Å². The number of halogens is 3. The molecule has 2 rings (SSSR count). The molecule has 7 heteroatoms. The summed E-state index contributed by atoms with van der Waals surface area (Å²) < 4.78 is 42.6. The number of rotatable bonds is 3. The van der Waals surface area contributed by atoms with Crippen LogP contribution in [0.1, 0.15) is 11.3 Å². The van der Waals surface area contributed by atoms with Crippen LogP contribution >= 0.6 is 0 Å². The van der Waals surface area contributed by atoms with E-state index in [2.05, 4.69) is 10.2 Å². The van der Waals surface area contributed by atoms with Crippen molar-refractivity contribution in [2.24, 2.45) is 0 Å². The molecule has 0 fully saturated rings. The van der Waals surface area contributed by atoms with Gasteiger partial charge in [-0.3, -0.25) is 0 Å². The summed E-state index contributed by atoms with van der Waals surface area (Å²) in [5.41, 5.74) is -0.457. The Bertz CT molecular complexity index is 556.